The monoisotopic (exact) mass is 345 g/mol. The maximum Gasteiger partial charge on any atom is 0.290 e. The van der Waals surface area contributed by atoms with Gasteiger partial charge in [-0.1, -0.05) is 6.92 Å². The molecule has 1 atom stereocenters. The van der Waals surface area contributed by atoms with Crippen molar-refractivity contribution in [1.82, 2.24) is 9.88 Å². The van der Waals surface area contributed by atoms with Gasteiger partial charge in [-0.15, -0.1) is 11.8 Å². The van der Waals surface area contributed by atoms with E-state index in [-0.39, 0.29) is 17.6 Å². The van der Waals surface area contributed by atoms with Gasteiger partial charge < -0.3 is 14.6 Å². The minimum absolute atomic E-state index is 0.190. The molecule has 24 heavy (non-hydrogen) atoms. The van der Waals surface area contributed by atoms with Crippen molar-refractivity contribution < 1.29 is 14.0 Å². The number of amides is 2. The van der Waals surface area contributed by atoms with Crippen LogP contribution >= 0.6 is 11.8 Å². The smallest absolute Gasteiger partial charge is 0.290 e. The van der Waals surface area contributed by atoms with Crippen LogP contribution < -0.4 is 5.32 Å². The molecule has 2 amide bonds. The fraction of sp³-hybridized carbons (Fsp3) is 0.353. The van der Waals surface area contributed by atoms with E-state index in [4.69, 9.17) is 4.42 Å². The van der Waals surface area contributed by atoms with Gasteiger partial charge in [-0.2, -0.15) is 0 Å². The van der Waals surface area contributed by atoms with E-state index < -0.39 is 6.04 Å². The highest BCUT2D eigenvalue weighted by atomic mass is 32.2. The molecule has 0 spiro atoms. The summed E-state index contributed by atoms with van der Waals surface area (Å²) < 4.78 is 5.15. The first-order chi connectivity index (χ1) is 11.7. The van der Waals surface area contributed by atoms with Gasteiger partial charge in [0, 0.05) is 6.54 Å². The summed E-state index contributed by atoms with van der Waals surface area (Å²) >= 11 is 1.64. The van der Waals surface area contributed by atoms with Crippen LogP contribution in [0.1, 0.15) is 30.3 Å². The average Bonchev–Trinajstić information content (AvgIpc) is 3.28. The Bertz CT molecular complexity index is 700. The Kier molecular flexibility index (Phi) is 5.20. The highest BCUT2D eigenvalue weighted by Crippen LogP contribution is 2.22. The Morgan fingerprint density at radius 3 is 2.96 bits per heavy atom. The number of rotatable bonds is 5. The molecular formula is C17H19N3O3S. The molecule has 1 fully saturated rings. The maximum absolute atomic E-state index is 12.5. The number of furan rings is 1. The van der Waals surface area contributed by atoms with E-state index in [0.717, 1.165) is 17.2 Å². The first-order valence-electron chi connectivity index (χ1n) is 7.93. The highest BCUT2D eigenvalue weighted by Gasteiger charge is 2.35. The lowest BCUT2D eigenvalue weighted by atomic mass is 10.2. The number of pyridine rings is 1. The lowest BCUT2D eigenvalue weighted by Gasteiger charge is -2.23. The molecule has 1 saturated heterocycles. The van der Waals surface area contributed by atoms with Crippen LogP contribution in [0.3, 0.4) is 0 Å². The van der Waals surface area contributed by atoms with Crippen molar-refractivity contribution in [3.63, 3.8) is 0 Å². The number of anilines is 1. The number of carbonyl (C=O) groups is 2. The SMILES string of the molecule is CCSc1ccc(NC(=O)[C@H]2CCCN2C(=O)c2ccco2)cn1. The Balaban J connectivity index is 1.66. The van der Waals surface area contributed by atoms with Crippen molar-refractivity contribution >= 4 is 29.3 Å². The third kappa shape index (κ3) is 3.62. The molecule has 2 aromatic rings. The summed E-state index contributed by atoms with van der Waals surface area (Å²) in [5, 5.41) is 3.77. The molecule has 0 unspecified atom stereocenters. The summed E-state index contributed by atoms with van der Waals surface area (Å²) in [6, 6.07) is 6.51. The number of nitrogens with zero attached hydrogens (tertiary/aromatic N) is 2. The Morgan fingerprint density at radius 2 is 2.29 bits per heavy atom. The topological polar surface area (TPSA) is 75.4 Å². The standard InChI is InChI=1S/C17H19N3O3S/c1-2-24-15-8-7-12(11-18-15)19-16(21)13-5-3-9-20(13)17(22)14-6-4-10-23-14/h4,6-8,10-11,13H,2-3,5,9H2,1H3,(H,19,21)/t13-/m1/s1. The van der Waals surface area contributed by atoms with Gasteiger partial charge in [-0.25, -0.2) is 4.98 Å². The number of likely N-dealkylation sites (tertiary alicyclic amines) is 1. The van der Waals surface area contributed by atoms with Crippen molar-refractivity contribution in [3.8, 4) is 0 Å². The molecule has 0 aliphatic carbocycles. The Labute approximate surface area is 144 Å². The van der Waals surface area contributed by atoms with Gasteiger partial charge >= 0.3 is 0 Å². The molecule has 0 aromatic carbocycles. The number of carbonyl (C=O) groups excluding carboxylic acids is 2. The van der Waals surface area contributed by atoms with Gasteiger partial charge in [0.2, 0.25) is 5.91 Å². The first-order valence-corrected chi connectivity index (χ1v) is 8.92. The summed E-state index contributed by atoms with van der Waals surface area (Å²) in [6.45, 7) is 2.62. The first kappa shape index (κ1) is 16.6. The van der Waals surface area contributed by atoms with Crippen LogP contribution in [0.5, 0.6) is 0 Å². The minimum Gasteiger partial charge on any atom is -0.459 e. The maximum atomic E-state index is 12.5. The summed E-state index contributed by atoms with van der Waals surface area (Å²) in [4.78, 5) is 30.8. The molecular weight excluding hydrogens is 326 g/mol. The molecule has 0 radical (unpaired) electrons. The predicted octanol–water partition coefficient (Wildman–Crippen LogP) is 3.03. The normalized spacial score (nSPS) is 17.0. The number of nitrogens with one attached hydrogen (secondary N) is 1. The van der Waals surface area contributed by atoms with Crippen molar-refractivity contribution in [2.45, 2.75) is 30.8 Å². The van der Waals surface area contributed by atoms with E-state index >= 15 is 0 Å². The van der Waals surface area contributed by atoms with Crippen molar-refractivity contribution in [2.75, 3.05) is 17.6 Å². The largest absolute Gasteiger partial charge is 0.459 e. The number of hydrogen-bond donors (Lipinski definition) is 1. The van der Waals surface area contributed by atoms with Gasteiger partial charge in [-0.05, 0) is 42.9 Å². The molecule has 0 bridgehead atoms. The second kappa shape index (κ2) is 7.53. The molecule has 1 aliphatic heterocycles. The van der Waals surface area contributed by atoms with Crippen LogP contribution in [0.2, 0.25) is 0 Å². The second-order valence-corrected chi connectivity index (χ2v) is 6.73. The van der Waals surface area contributed by atoms with E-state index in [1.807, 2.05) is 12.1 Å². The van der Waals surface area contributed by atoms with Gasteiger partial charge in [-0.3, -0.25) is 9.59 Å². The van der Waals surface area contributed by atoms with Crippen LogP contribution in [0, 0.1) is 0 Å². The summed E-state index contributed by atoms with van der Waals surface area (Å²) in [6.07, 6.45) is 4.55. The fourth-order valence-corrected chi connectivity index (χ4v) is 3.32. The van der Waals surface area contributed by atoms with E-state index in [2.05, 4.69) is 17.2 Å². The van der Waals surface area contributed by atoms with Crippen molar-refractivity contribution in [1.29, 1.82) is 0 Å². The molecule has 3 heterocycles. The minimum atomic E-state index is -0.479. The zero-order chi connectivity index (χ0) is 16.9. The highest BCUT2D eigenvalue weighted by molar-refractivity contribution is 7.99. The van der Waals surface area contributed by atoms with Gasteiger partial charge in [0.15, 0.2) is 5.76 Å². The molecule has 3 rings (SSSR count). The lowest BCUT2D eigenvalue weighted by molar-refractivity contribution is -0.119. The predicted molar refractivity (Wildman–Crippen MR) is 92.0 cm³/mol. The molecule has 2 aromatic heterocycles. The molecule has 6 nitrogen and oxygen atoms in total. The molecule has 126 valence electrons. The zero-order valence-corrected chi connectivity index (χ0v) is 14.2. The van der Waals surface area contributed by atoms with Crippen LogP contribution in [0.15, 0.2) is 46.2 Å². The molecule has 1 N–H and O–H groups in total. The lowest BCUT2D eigenvalue weighted by Crippen LogP contribution is -2.43. The van der Waals surface area contributed by atoms with Crippen LogP contribution in [0.4, 0.5) is 5.69 Å². The zero-order valence-electron chi connectivity index (χ0n) is 13.4. The van der Waals surface area contributed by atoms with Gasteiger partial charge in [0.25, 0.3) is 5.91 Å². The van der Waals surface area contributed by atoms with Crippen molar-refractivity contribution in [3.05, 3.63) is 42.5 Å². The second-order valence-electron chi connectivity index (χ2n) is 5.44. The number of aromatic nitrogens is 1. The van der Waals surface area contributed by atoms with E-state index in [0.29, 0.717) is 18.7 Å². The van der Waals surface area contributed by atoms with Crippen LogP contribution in [0.25, 0.3) is 0 Å². The van der Waals surface area contributed by atoms with E-state index in [1.54, 1.807) is 35.0 Å². The molecule has 0 saturated carbocycles. The number of hydrogen-bond acceptors (Lipinski definition) is 5. The summed E-state index contributed by atoms with van der Waals surface area (Å²) in [5.41, 5.74) is 0.637. The molecule has 7 heteroatoms. The average molecular weight is 345 g/mol. The quantitative estimate of drug-likeness (QED) is 0.843. The summed E-state index contributed by atoms with van der Waals surface area (Å²) in [7, 11) is 0. The third-order valence-corrected chi connectivity index (χ3v) is 4.67. The third-order valence-electron chi connectivity index (χ3n) is 3.84. The van der Waals surface area contributed by atoms with Gasteiger partial charge in [0.1, 0.15) is 6.04 Å². The van der Waals surface area contributed by atoms with Crippen LogP contribution in [-0.2, 0) is 4.79 Å². The summed E-state index contributed by atoms with van der Waals surface area (Å²) in [5.74, 6) is 0.776. The van der Waals surface area contributed by atoms with Crippen LogP contribution in [-0.4, -0.2) is 40.0 Å². The van der Waals surface area contributed by atoms with Crippen molar-refractivity contribution in [2.24, 2.45) is 0 Å². The fourth-order valence-electron chi connectivity index (χ4n) is 2.74. The Morgan fingerprint density at radius 1 is 1.42 bits per heavy atom. The van der Waals surface area contributed by atoms with Gasteiger partial charge in [0.05, 0.1) is 23.2 Å². The molecule has 1 aliphatic rings. The van der Waals surface area contributed by atoms with E-state index in [9.17, 15) is 9.59 Å². The Hall–Kier alpha value is -2.28. The van der Waals surface area contributed by atoms with E-state index in [1.165, 1.54) is 6.26 Å². The number of thioether (sulfide) groups is 1.